The lowest BCUT2D eigenvalue weighted by molar-refractivity contribution is 0.0911. The lowest BCUT2D eigenvalue weighted by Crippen LogP contribution is -2.39. The molecule has 26 heavy (non-hydrogen) atoms. The lowest BCUT2D eigenvalue weighted by atomic mass is 9.95. The van der Waals surface area contributed by atoms with Crippen molar-refractivity contribution in [2.24, 2.45) is 5.92 Å². The maximum atomic E-state index is 12.1. The van der Waals surface area contributed by atoms with Crippen LogP contribution in [0.15, 0.2) is 54.6 Å². The molecular weight excluding hydrogens is 328 g/mol. The average molecular weight is 352 g/mol. The summed E-state index contributed by atoms with van der Waals surface area (Å²) in [7, 11) is 3.86. The predicted octanol–water partition coefficient (Wildman–Crippen LogP) is 2.59. The Hall–Kier alpha value is -2.88. The van der Waals surface area contributed by atoms with E-state index in [1.165, 1.54) is 0 Å². The van der Waals surface area contributed by atoms with Gasteiger partial charge in [0.05, 0.1) is 17.7 Å². The number of urea groups is 1. The number of nitrogens with zero attached hydrogens (tertiary/aromatic N) is 2. The van der Waals surface area contributed by atoms with E-state index >= 15 is 0 Å². The van der Waals surface area contributed by atoms with Crippen LogP contribution in [-0.4, -0.2) is 43.2 Å². The van der Waals surface area contributed by atoms with Crippen molar-refractivity contribution in [1.29, 1.82) is 5.26 Å². The number of aliphatic hydroxyl groups is 1. The topological polar surface area (TPSA) is 88.4 Å². The third kappa shape index (κ3) is 5.88. The molecule has 0 saturated carbocycles. The molecule has 136 valence electrons. The molecule has 0 bridgehead atoms. The fourth-order valence-corrected chi connectivity index (χ4v) is 2.69. The van der Waals surface area contributed by atoms with Gasteiger partial charge in [-0.2, -0.15) is 5.26 Å². The Morgan fingerprint density at radius 1 is 1.15 bits per heavy atom. The third-order valence-electron chi connectivity index (χ3n) is 3.98. The number of amides is 2. The summed E-state index contributed by atoms with van der Waals surface area (Å²) < 4.78 is 0. The first-order valence-corrected chi connectivity index (χ1v) is 8.42. The maximum Gasteiger partial charge on any atom is 0.319 e. The van der Waals surface area contributed by atoms with E-state index in [9.17, 15) is 9.90 Å². The van der Waals surface area contributed by atoms with Crippen LogP contribution in [0.5, 0.6) is 0 Å². The Kier molecular flexibility index (Phi) is 7.15. The molecule has 2 aromatic carbocycles. The highest BCUT2D eigenvalue weighted by Crippen LogP contribution is 2.22. The van der Waals surface area contributed by atoms with Crippen molar-refractivity contribution in [3.8, 4) is 6.07 Å². The van der Waals surface area contributed by atoms with Gasteiger partial charge in [0.25, 0.3) is 0 Å². The maximum absolute atomic E-state index is 12.1. The van der Waals surface area contributed by atoms with Crippen LogP contribution in [0, 0.1) is 17.2 Å². The van der Waals surface area contributed by atoms with E-state index in [0.717, 1.165) is 5.56 Å². The van der Waals surface area contributed by atoms with E-state index in [1.807, 2.05) is 55.4 Å². The molecule has 2 atom stereocenters. The van der Waals surface area contributed by atoms with Gasteiger partial charge in [-0.25, -0.2) is 4.79 Å². The molecule has 0 unspecified atom stereocenters. The number of carbonyl (C=O) groups is 1. The van der Waals surface area contributed by atoms with Crippen LogP contribution < -0.4 is 10.6 Å². The van der Waals surface area contributed by atoms with Crippen LogP contribution in [0.1, 0.15) is 17.2 Å². The van der Waals surface area contributed by atoms with Crippen LogP contribution in [0.3, 0.4) is 0 Å². The first-order valence-electron chi connectivity index (χ1n) is 8.42. The van der Waals surface area contributed by atoms with E-state index in [-0.39, 0.29) is 11.9 Å². The summed E-state index contributed by atoms with van der Waals surface area (Å²) in [5.41, 5.74) is 1.97. The van der Waals surface area contributed by atoms with E-state index in [0.29, 0.717) is 24.3 Å². The summed E-state index contributed by atoms with van der Waals surface area (Å²) in [6.45, 7) is 0.962. The zero-order valence-corrected chi connectivity index (χ0v) is 15.0. The quantitative estimate of drug-likeness (QED) is 0.715. The van der Waals surface area contributed by atoms with Gasteiger partial charge in [0, 0.05) is 24.7 Å². The number of aliphatic hydroxyl groups excluding tert-OH is 1. The fraction of sp³-hybridized carbons (Fsp3) is 0.300. The Bertz CT molecular complexity index is 739. The molecule has 2 rings (SSSR count). The Balaban J connectivity index is 1.95. The van der Waals surface area contributed by atoms with E-state index in [1.54, 1.807) is 24.3 Å². The molecule has 2 aromatic rings. The molecule has 6 heteroatoms. The molecule has 6 nitrogen and oxygen atoms in total. The zero-order valence-electron chi connectivity index (χ0n) is 15.0. The van der Waals surface area contributed by atoms with Crippen molar-refractivity contribution in [3.05, 3.63) is 65.7 Å². The number of benzene rings is 2. The Labute approximate surface area is 154 Å². The number of anilines is 1. The van der Waals surface area contributed by atoms with Crippen molar-refractivity contribution >= 4 is 11.7 Å². The molecule has 2 amide bonds. The summed E-state index contributed by atoms with van der Waals surface area (Å²) in [6.07, 6.45) is -0.672. The van der Waals surface area contributed by atoms with Crippen molar-refractivity contribution in [2.45, 2.75) is 6.10 Å². The van der Waals surface area contributed by atoms with Gasteiger partial charge in [-0.15, -0.1) is 0 Å². The molecule has 0 aliphatic rings. The monoisotopic (exact) mass is 352 g/mol. The van der Waals surface area contributed by atoms with E-state index in [2.05, 4.69) is 10.6 Å². The van der Waals surface area contributed by atoms with Crippen LogP contribution in [0.25, 0.3) is 0 Å². The summed E-state index contributed by atoms with van der Waals surface area (Å²) in [5, 5.41) is 25.0. The average Bonchev–Trinajstić information content (AvgIpc) is 2.65. The lowest BCUT2D eigenvalue weighted by Gasteiger charge is -2.26. The predicted molar refractivity (Wildman–Crippen MR) is 102 cm³/mol. The number of hydrogen-bond donors (Lipinski definition) is 3. The number of carbonyl (C=O) groups excluding carboxylic acids is 1. The molecule has 0 fully saturated rings. The molecule has 0 heterocycles. The van der Waals surface area contributed by atoms with Crippen LogP contribution in [0.2, 0.25) is 0 Å². The second kappa shape index (κ2) is 9.56. The van der Waals surface area contributed by atoms with Gasteiger partial charge in [-0.1, -0.05) is 30.3 Å². The van der Waals surface area contributed by atoms with Gasteiger partial charge in [0.2, 0.25) is 0 Å². The largest absolute Gasteiger partial charge is 0.388 e. The highest BCUT2D eigenvalue weighted by atomic mass is 16.3. The van der Waals surface area contributed by atoms with Crippen molar-refractivity contribution in [2.75, 3.05) is 32.5 Å². The minimum Gasteiger partial charge on any atom is -0.388 e. The third-order valence-corrected chi connectivity index (χ3v) is 3.98. The van der Waals surface area contributed by atoms with Crippen LogP contribution in [-0.2, 0) is 0 Å². The van der Waals surface area contributed by atoms with Gasteiger partial charge in [-0.05, 0) is 43.9 Å². The summed E-state index contributed by atoms with van der Waals surface area (Å²) >= 11 is 0. The SMILES string of the molecule is CN(C)C[C@H](CNC(=O)Nc1ccc(C#N)cc1)[C@H](O)c1ccccc1. The Morgan fingerprint density at radius 2 is 1.81 bits per heavy atom. The van der Waals surface area contributed by atoms with Crippen molar-refractivity contribution in [3.63, 3.8) is 0 Å². The minimum absolute atomic E-state index is 0.154. The van der Waals surface area contributed by atoms with Crippen molar-refractivity contribution < 1.29 is 9.90 Å². The molecule has 0 aromatic heterocycles. The molecular formula is C20H24N4O2. The van der Waals surface area contributed by atoms with Crippen LogP contribution in [0.4, 0.5) is 10.5 Å². The highest BCUT2D eigenvalue weighted by molar-refractivity contribution is 5.89. The molecule has 0 radical (unpaired) electrons. The van der Waals surface area contributed by atoms with E-state index in [4.69, 9.17) is 5.26 Å². The summed E-state index contributed by atoms with van der Waals surface area (Å²) in [4.78, 5) is 14.1. The fourth-order valence-electron chi connectivity index (χ4n) is 2.69. The number of nitriles is 1. The first kappa shape index (κ1) is 19.4. The smallest absolute Gasteiger partial charge is 0.319 e. The van der Waals surface area contributed by atoms with Gasteiger partial charge in [0.1, 0.15) is 0 Å². The normalized spacial score (nSPS) is 12.9. The second-order valence-electron chi connectivity index (χ2n) is 6.40. The standard InChI is InChI=1S/C20H24N4O2/c1-24(2)14-17(19(25)16-6-4-3-5-7-16)13-22-20(26)23-18-10-8-15(12-21)9-11-18/h3-11,17,19,25H,13-14H2,1-2H3,(H2,22,23,26)/t17-,19+/m0/s1. The second-order valence-corrected chi connectivity index (χ2v) is 6.40. The summed E-state index contributed by atoms with van der Waals surface area (Å²) in [5.74, 6) is -0.154. The number of hydrogen-bond acceptors (Lipinski definition) is 4. The van der Waals surface area contributed by atoms with Gasteiger partial charge >= 0.3 is 6.03 Å². The molecule has 0 aliphatic heterocycles. The van der Waals surface area contributed by atoms with Gasteiger partial charge in [-0.3, -0.25) is 0 Å². The Morgan fingerprint density at radius 3 is 2.38 bits per heavy atom. The van der Waals surface area contributed by atoms with Gasteiger partial charge < -0.3 is 20.6 Å². The zero-order chi connectivity index (χ0) is 18.9. The van der Waals surface area contributed by atoms with Crippen molar-refractivity contribution in [1.82, 2.24) is 10.2 Å². The number of rotatable bonds is 7. The molecule has 0 saturated heterocycles. The minimum atomic E-state index is -0.672. The molecule has 3 N–H and O–H groups in total. The molecule has 0 spiro atoms. The van der Waals surface area contributed by atoms with Gasteiger partial charge in [0.15, 0.2) is 0 Å². The highest BCUT2D eigenvalue weighted by Gasteiger charge is 2.22. The molecule has 0 aliphatic carbocycles. The number of nitrogens with one attached hydrogen (secondary N) is 2. The summed E-state index contributed by atoms with van der Waals surface area (Å²) in [6, 6.07) is 17.8. The first-order chi connectivity index (χ1) is 12.5. The van der Waals surface area contributed by atoms with E-state index < -0.39 is 6.10 Å². The van der Waals surface area contributed by atoms with Crippen LogP contribution >= 0.6 is 0 Å².